The van der Waals surface area contributed by atoms with Crippen LogP contribution in [0.3, 0.4) is 0 Å². The minimum atomic E-state index is -3.72. The molecular weight excluding hydrogens is 458 g/mol. The van der Waals surface area contributed by atoms with Gasteiger partial charge < -0.3 is 5.32 Å². The number of benzene rings is 1. The molecule has 1 aromatic heterocycles. The molecule has 3 rings (SSSR count). The highest BCUT2D eigenvalue weighted by Crippen LogP contribution is 2.27. The Morgan fingerprint density at radius 1 is 1.10 bits per heavy atom. The number of thiophene rings is 1. The molecule has 0 unspecified atom stereocenters. The SMILES string of the molecule is CC(C)NS(=O)(=O)c1cccc(CNC(=O)c2sccc2S(=O)(=O)N2CCCCC2)c1. The van der Waals surface area contributed by atoms with Crippen LogP contribution >= 0.6 is 11.3 Å². The van der Waals surface area contributed by atoms with Crippen LogP contribution in [0.2, 0.25) is 0 Å². The lowest BCUT2D eigenvalue weighted by atomic mass is 10.2. The summed E-state index contributed by atoms with van der Waals surface area (Å²) in [5, 5.41) is 4.30. The van der Waals surface area contributed by atoms with Crippen molar-refractivity contribution in [3.63, 3.8) is 0 Å². The lowest BCUT2D eigenvalue weighted by Crippen LogP contribution is -2.36. The molecule has 1 aromatic carbocycles. The van der Waals surface area contributed by atoms with Crippen LogP contribution in [-0.4, -0.2) is 46.2 Å². The third-order valence-electron chi connectivity index (χ3n) is 4.82. The van der Waals surface area contributed by atoms with E-state index < -0.39 is 26.0 Å². The van der Waals surface area contributed by atoms with Crippen LogP contribution in [0.5, 0.6) is 0 Å². The molecule has 2 heterocycles. The minimum absolute atomic E-state index is 0.0226. The van der Waals surface area contributed by atoms with Gasteiger partial charge in [-0.15, -0.1) is 11.3 Å². The van der Waals surface area contributed by atoms with E-state index >= 15 is 0 Å². The predicted molar refractivity (Wildman–Crippen MR) is 120 cm³/mol. The van der Waals surface area contributed by atoms with Crippen molar-refractivity contribution in [2.45, 2.75) is 55.5 Å². The average molecular weight is 486 g/mol. The van der Waals surface area contributed by atoms with Crippen LogP contribution in [-0.2, 0) is 26.6 Å². The second kappa shape index (κ2) is 9.78. The first-order chi connectivity index (χ1) is 14.6. The molecule has 8 nitrogen and oxygen atoms in total. The van der Waals surface area contributed by atoms with Gasteiger partial charge in [-0.05, 0) is 55.8 Å². The van der Waals surface area contributed by atoms with E-state index in [9.17, 15) is 21.6 Å². The van der Waals surface area contributed by atoms with Crippen molar-refractivity contribution in [1.82, 2.24) is 14.3 Å². The molecule has 1 fully saturated rings. The number of nitrogens with zero attached hydrogens (tertiary/aromatic N) is 1. The van der Waals surface area contributed by atoms with Gasteiger partial charge in [0.1, 0.15) is 9.77 Å². The second-order valence-electron chi connectivity index (χ2n) is 7.68. The molecule has 0 atom stereocenters. The zero-order chi connectivity index (χ0) is 22.6. The molecule has 1 saturated heterocycles. The molecule has 31 heavy (non-hydrogen) atoms. The maximum atomic E-state index is 13.0. The molecule has 11 heteroatoms. The Morgan fingerprint density at radius 3 is 2.48 bits per heavy atom. The van der Waals surface area contributed by atoms with Gasteiger partial charge in [0, 0.05) is 25.7 Å². The highest BCUT2D eigenvalue weighted by atomic mass is 32.2. The molecule has 0 radical (unpaired) electrons. The predicted octanol–water partition coefficient (Wildman–Crippen LogP) is 2.54. The molecule has 2 N–H and O–H groups in total. The van der Waals surface area contributed by atoms with Gasteiger partial charge in [-0.25, -0.2) is 21.6 Å². The number of piperidine rings is 1. The van der Waals surface area contributed by atoms with Gasteiger partial charge in [0.25, 0.3) is 5.91 Å². The second-order valence-corrected chi connectivity index (χ2v) is 12.2. The van der Waals surface area contributed by atoms with E-state index in [4.69, 9.17) is 0 Å². The van der Waals surface area contributed by atoms with E-state index in [1.165, 1.54) is 22.5 Å². The molecule has 170 valence electrons. The molecule has 0 aliphatic carbocycles. The quantitative estimate of drug-likeness (QED) is 0.597. The van der Waals surface area contributed by atoms with Crippen LogP contribution in [0.1, 0.15) is 48.3 Å². The Morgan fingerprint density at radius 2 is 1.81 bits per heavy atom. The zero-order valence-corrected chi connectivity index (χ0v) is 19.9. The monoisotopic (exact) mass is 485 g/mol. The summed E-state index contributed by atoms with van der Waals surface area (Å²) >= 11 is 1.07. The highest BCUT2D eigenvalue weighted by Gasteiger charge is 2.31. The average Bonchev–Trinajstić information content (AvgIpc) is 3.23. The fraction of sp³-hybridized carbons (Fsp3) is 0.450. The van der Waals surface area contributed by atoms with Crippen LogP contribution < -0.4 is 10.0 Å². The van der Waals surface area contributed by atoms with E-state index in [0.29, 0.717) is 18.7 Å². The lowest BCUT2D eigenvalue weighted by molar-refractivity contribution is 0.0951. The molecule has 2 aromatic rings. The molecule has 1 aliphatic rings. The third kappa shape index (κ3) is 5.72. The van der Waals surface area contributed by atoms with E-state index in [0.717, 1.165) is 30.6 Å². The van der Waals surface area contributed by atoms with Crippen LogP contribution in [0.25, 0.3) is 0 Å². The summed E-state index contributed by atoms with van der Waals surface area (Å²) in [7, 11) is -7.37. The summed E-state index contributed by atoms with van der Waals surface area (Å²) in [6.07, 6.45) is 2.64. The van der Waals surface area contributed by atoms with E-state index in [-0.39, 0.29) is 27.3 Å². The molecule has 1 amide bonds. The summed E-state index contributed by atoms with van der Waals surface area (Å²) in [4.78, 5) is 13.0. The Balaban J connectivity index is 1.73. The summed E-state index contributed by atoms with van der Waals surface area (Å²) in [5.41, 5.74) is 0.594. The number of carbonyl (C=O) groups excluding carboxylic acids is 1. The fourth-order valence-corrected chi connectivity index (χ4v) is 7.53. The maximum absolute atomic E-state index is 13.0. The van der Waals surface area contributed by atoms with Crippen LogP contribution in [0.15, 0.2) is 45.5 Å². The van der Waals surface area contributed by atoms with Crippen molar-refractivity contribution < 1.29 is 21.6 Å². The first kappa shape index (κ1) is 23.9. The fourth-order valence-electron chi connectivity index (χ4n) is 3.37. The minimum Gasteiger partial charge on any atom is -0.347 e. The van der Waals surface area contributed by atoms with Gasteiger partial charge in [0.15, 0.2) is 0 Å². The van der Waals surface area contributed by atoms with E-state index in [1.807, 2.05) is 0 Å². The number of rotatable bonds is 8. The Hall–Kier alpha value is -1.79. The smallest absolute Gasteiger partial charge is 0.263 e. The third-order valence-corrected chi connectivity index (χ3v) is 9.46. The Bertz CT molecular complexity index is 1130. The summed E-state index contributed by atoms with van der Waals surface area (Å²) in [6, 6.07) is 7.51. The largest absolute Gasteiger partial charge is 0.347 e. The van der Waals surface area contributed by atoms with Crippen molar-refractivity contribution in [2.75, 3.05) is 13.1 Å². The van der Waals surface area contributed by atoms with Gasteiger partial charge in [0.2, 0.25) is 20.0 Å². The van der Waals surface area contributed by atoms with E-state index in [2.05, 4.69) is 10.0 Å². The van der Waals surface area contributed by atoms with Gasteiger partial charge in [-0.3, -0.25) is 4.79 Å². The lowest BCUT2D eigenvalue weighted by Gasteiger charge is -2.25. The zero-order valence-electron chi connectivity index (χ0n) is 17.5. The first-order valence-electron chi connectivity index (χ1n) is 10.1. The topological polar surface area (TPSA) is 113 Å². The Labute approximate surface area is 187 Å². The Kier molecular flexibility index (Phi) is 7.53. The van der Waals surface area contributed by atoms with Crippen molar-refractivity contribution in [3.05, 3.63) is 46.2 Å². The van der Waals surface area contributed by atoms with Crippen molar-refractivity contribution >= 4 is 37.3 Å². The van der Waals surface area contributed by atoms with Crippen molar-refractivity contribution in [3.8, 4) is 0 Å². The van der Waals surface area contributed by atoms with Crippen LogP contribution in [0, 0.1) is 0 Å². The molecule has 0 saturated carbocycles. The van der Waals surface area contributed by atoms with E-state index in [1.54, 1.807) is 31.4 Å². The first-order valence-corrected chi connectivity index (χ1v) is 13.9. The molecule has 1 aliphatic heterocycles. The molecular formula is C20H27N3O5S3. The van der Waals surface area contributed by atoms with Gasteiger partial charge in [-0.2, -0.15) is 4.31 Å². The number of hydrogen-bond donors (Lipinski definition) is 2. The van der Waals surface area contributed by atoms with Gasteiger partial charge >= 0.3 is 0 Å². The number of sulfonamides is 2. The maximum Gasteiger partial charge on any atom is 0.263 e. The normalized spacial score (nSPS) is 15.8. The summed E-state index contributed by atoms with van der Waals surface area (Å²) in [6.45, 7) is 4.47. The number of amides is 1. The van der Waals surface area contributed by atoms with Gasteiger partial charge in [-0.1, -0.05) is 18.6 Å². The number of nitrogens with one attached hydrogen (secondary N) is 2. The van der Waals surface area contributed by atoms with Crippen molar-refractivity contribution in [2.24, 2.45) is 0 Å². The summed E-state index contributed by atoms with van der Waals surface area (Å²) in [5.74, 6) is -0.501. The number of carbonyl (C=O) groups is 1. The van der Waals surface area contributed by atoms with Crippen LogP contribution in [0.4, 0.5) is 0 Å². The highest BCUT2D eigenvalue weighted by molar-refractivity contribution is 7.89. The number of hydrogen-bond acceptors (Lipinski definition) is 6. The van der Waals surface area contributed by atoms with Gasteiger partial charge in [0.05, 0.1) is 4.90 Å². The summed E-state index contributed by atoms with van der Waals surface area (Å²) < 4.78 is 54.6. The van der Waals surface area contributed by atoms with Crippen molar-refractivity contribution in [1.29, 1.82) is 0 Å². The molecule has 0 spiro atoms. The molecule has 0 bridgehead atoms. The standard InChI is InChI=1S/C20H27N3O5S3/c1-15(2)22-30(25,26)17-8-6-7-16(13-17)14-21-20(24)19-18(9-12-29-19)31(27,28)23-10-4-3-5-11-23/h6-9,12-13,15,22H,3-5,10-11,14H2,1-2H3,(H,21,24).